The molecule has 1 amide bonds. The number of amides is 1. The van der Waals surface area contributed by atoms with Crippen molar-refractivity contribution in [2.24, 2.45) is 0 Å². The van der Waals surface area contributed by atoms with Crippen molar-refractivity contribution in [3.05, 3.63) is 48.2 Å². The molecular weight excluding hydrogens is 266 g/mol. The van der Waals surface area contributed by atoms with Crippen LogP contribution in [0, 0.1) is 0 Å². The molecule has 5 heteroatoms. The van der Waals surface area contributed by atoms with Crippen molar-refractivity contribution < 1.29 is 9.53 Å². The Hall–Kier alpha value is -2.56. The summed E-state index contributed by atoms with van der Waals surface area (Å²) in [6.45, 7) is 2.20. The van der Waals surface area contributed by atoms with Gasteiger partial charge in [-0.3, -0.25) is 9.69 Å². The molecule has 0 radical (unpaired) electrons. The summed E-state index contributed by atoms with van der Waals surface area (Å²) in [5, 5.41) is 3.00. The van der Waals surface area contributed by atoms with Gasteiger partial charge in [-0.25, -0.2) is 4.98 Å². The van der Waals surface area contributed by atoms with Gasteiger partial charge in [-0.1, -0.05) is 18.2 Å². The molecule has 108 valence electrons. The first-order valence-corrected chi connectivity index (χ1v) is 6.90. The Kier molecular flexibility index (Phi) is 3.48. The SMILES string of the molecule is CNc1cccc(CN2C(=O)C(C)Oc3ccccc32)n1. The van der Waals surface area contributed by atoms with E-state index in [4.69, 9.17) is 4.74 Å². The summed E-state index contributed by atoms with van der Waals surface area (Å²) in [7, 11) is 1.82. The molecule has 5 nitrogen and oxygen atoms in total. The molecule has 0 fully saturated rings. The number of para-hydroxylation sites is 2. The number of ether oxygens (including phenoxy) is 1. The van der Waals surface area contributed by atoms with Crippen LogP contribution < -0.4 is 15.0 Å². The number of carbonyl (C=O) groups excluding carboxylic acids is 1. The van der Waals surface area contributed by atoms with Crippen LogP contribution in [0.2, 0.25) is 0 Å². The lowest BCUT2D eigenvalue weighted by molar-refractivity contribution is -0.125. The molecular formula is C16H17N3O2. The van der Waals surface area contributed by atoms with Gasteiger partial charge in [-0.05, 0) is 31.2 Å². The summed E-state index contributed by atoms with van der Waals surface area (Å²) in [5.74, 6) is 1.47. The van der Waals surface area contributed by atoms with Gasteiger partial charge >= 0.3 is 0 Å². The van der Waals surface area contributed by atoms with E-state index in [1.54, 1.807) is 11.8 Å². The Labute approximate surface area is 123 Å². The monoisotopic (exact) mass is 283 g/mol. The number of hydrogen-bond donors (Lipinski definition) is 1. The highest BCUT2D eigenvalue weighted by Crippen LogP contribution is 2.34. The van der Waals surface area contributed by atoms with Gasteiger partial charge < -0.3 is 10.1 Å². The van der Waals surface area contributed by atoms with Crippen LogP contribution in [0.1, 0.15) is 12.6 Å². The number of carbonyl (C=O) groups is 1. The second kappa shape index (κ2) is 5.44. The topological polar surface area (TPSA) is 54.5 Å². The summed E-state index contributed by atoms with van der Waals surface area (Å²) in [6.07, 6.45) is -0.479. The van der Waals surface area contributed by atoms with Crippen LogP contribution in [0.4, 0.5) is 11.5 Å². The molecule has 1 aromatic carbocycles. The van der Waals surface area contributed by atoms with Crippen LogP contribution >= 0.6 is 0 Å². The van der Waals surface area contributed by atoms with Gasteiger partial charge in [0, 0.05) is 7.05 Å². The fourth-order valence-electron chi connectivity index (χ4n) is 2.39. The number of benzene rings is 1. The average Bonchev–Trinajstić information content (AvgIpc) is 2.52. The van der Waals surface area contributed by atoms with Crippen LogP contribution in [0.25, 0.3) is 0 Å². The quantitative estimate of drug-likeness (QED) is 0.940. The Morgan fingerprint density at radius 2 is 2.05 bits per heavy atom. The lowest BCUT2D eigenvalue weighted by atomic mass is 10.1. The van der Waals surface area contributed by atoms with Crippen LogP contribution in [0.5, 0.6) is 5.75 Å². The number of pyridine rings is 1. The van der Waals surface area contributed by atoms with Gasteiger partial charge in [0.05, 0.1) is 17.9 Å². The van der Waals surface area contributed by atoms with Crippen molar-refractivity contribution in [2.75, 3.05) is 17.3 Å². The standard InChI is InChI=1S/C16H17N3O2/c1-11-16(20)19(13-7-3-4-8-14(13)21-11)10-12-6-5-9-15(17-2)18-12/h3-9,11H,10H2,1-2H3,(H,17,18). The number of nitrogens with zero attached hydrogens (tertiary/aromatic N) is 2. The van der Waals surface area contributed by atoms with Crippen molar-refractivity contribution in [3.63, 3.8) is 0 Å². The van der Waals surface area contributed by atoms with Crippen molar-refractivity contribution in [1.29, 1.82) is 0 Å². The van der Waals surface area contributed by atoms with E-state index >= 15 is 0 Å². The first-order chi connectivity index (χ1) is 10.2. The molecule has 2 heterocycles. The van der Waals surface area contributed by atoms with Crippen LogP contribution in [-0.4, -0.2) is 24.0 Å². The molecule has 1 unspecified atom stereocenters. The fourth-order valence-corrected chi connectivity index (χ4v) is 2.39. The van der Waals surface area contributed by atoms with Crippen LogP contribution in [-0.2, 0) is 11.3 Å². The summed E-state index contributed by atoms with van der Waals surface area (Å²) in [4.78, 5) is 18.6. The van der Waals surface area contributed by atoms with Gasteiger partial charge in [0.1, 0.15) is 11.6 Å². The van der Waals surface area contributed by atoms with E-state index in [0.717, 1.165) is 22.9 Å². The number of hydrogen-bond acceptors (Lipinski definition) is 4. The zero-order valence-electron chi connectivity index (χ0n) is 12.0. The zero-order valence-corrected chi connectivity index (χ0v) is 12.0. The second-order valence-electron chi connectivity index (χ2n) is 4.92. The Morgan fingerprint density at radius 3 is 2.86 bits per heavy atom. The van der Waals surface area contributed by atoms with Gasteiger partial charge in [0.2, 0.25) is 0 Å². The van der Waals surface area contributed by atoms with E-state index in [1.807, 2.05) is 49.5 Å². The molecule has 0 bridgehead atoms. The lowest BCUT2D eigenvalue weighted by Gasteiger charge is -2.32. The lowest BCUT2D eigenvalue weighted by Crippen LogP contribution is -2.44. The van der Waals surface area contributed by atoms with Crippen LogP contribution in [0.3, 0.4) is 0 Å². The van der Waals surface area contributed by atoms with E-state index in [9.17, 15) is 4.79 Å². The third-order valence-corrected chi connectivity index (χ3v) is 3.46. The third-order valence-electron chi connectivity index (χ3n) is 3.46. The summed E-state index contributed by atoms with van der Waals surface area (Å²) in [5.41, 5.74) is 1.62. The third kappa shape index (κ3) is 2.54. The Bertz CT molecular complexity index is 672. The molecule has 21 heavy (non-hydrogen) atoms. The van der Waals surface area contributed by atoms with Crippen molar-refractivity contribution in [3.8, 4) is 5.75 Å². The molecule has 1 aliphatic heterocycles. The van der Waals surface area contributed by atoms with Crippen molar-refractivity contribution >= 4 is 17.4 Å². The summed E-state index contributed by atoms with van der Waals surface area (Å²) in [6, 6.07) is 13.3. The van der Waals surface area contributed by atoms with Gasteiger partial charge in [0.15, 0.2) is 6.10 Å². The molecule has 0 saturated carbocycles. The number of rotatable bonds is 3. The maximum Gasteiger partial charge on any atom is 0.268 e. The number of aromatic nitrogens is 1. The fraction of sp³-hybridized carbons (Fsp3) is 0.250. The minimum atomic E-state index is -0.479. The van der Waals surface area contributed by atoms with Crippen molar-refractivity contribution in [2.45, 2.75) is 19.6 Å². The Morgan fingerprint density at radius 1 is 1.24 bits per heavy atom. The van der Waals surface area contributed by atoms with Crippen molar-refractivity contribution in [1.82, 2.24) is 4.98 Å². The predicted octanol–water partition coefficient (Wildman–Crippen LogP) is 2.44. The molecule has 1 aromatic heterocycles. The van der Waals surface area contributed by atoms with E-state index in [1.165, 1.54) is 0 Å². The smallest absolute Gasteiger partial charge is 0.268 e. The average molecular weight is 283 g/mol. The highest BCUT2D eigenvalue weighted by Gasteiger charge is 2.31. The first kappa shape index (κ1) is 13.4. The predicted molar refractivity (Wildman–Crippen MR) is 81.5 cm³/mol. The van der Waals surface area contributed by atoms with Gasteiger partial charge in [-0.15, -0.1) is 0 Å². The second-order valence-corrected chi connectivity index (χ2v) is 4.92. The molecule has 1 atom stereocenters. The highest BCUT2D eigenvalue weighted by molar-refractivity contribution is 5.99. The molecule has 1 aliphatic rings. The maximum absolute atomic E-state index is 12.4. The summed E-state index contributed by atoms with van der Waals surface area (Å²) < 4.78 is 5.63. The Balaban J connectivity index is 1.94. The first-order valence-electron chi connectivity index (χ1n) is 6.90. The van der Waals surface area contributed by atoms with Crippen LogP contribution in [0.15, 0.2) is 42.5 Å². The molecule has 0 aliphatic carbocycles. The summed E-state index contributed by atoms with van der Waals surface area (Å²) >= 11 is 0. The van der Waals surface area contributed by atoms with Gasteiger partial charge in [-0.2, -0.15) is 0 Å². The number of fused-ring (bicyclic) bond motifs is 1. The highest BCUT2D eigenvalue weighted by atomic mass is 16.5. The van der Waals surface area contributed by atoms with E-state index in [0.29, 0.717) is 6.54 Å². The van der Waals surface area contributed by atoms with E-state index in [2.05, 4.69) is 10.3 Å². The van der Waals surface area contributed by atoms with E-state index in [-0.39, 0.29) is 5.91 Å². The maximum atomic E-state index is 12.4. The number of anilines is 2. The molecule has 2 aromatic rings. The molecule has 1 N–H and O–H groups in total. The minimum absolute atomic E-state index is 0.0506. The molecule has 0 saturated heterocycles. The normalized spacial score (nSPS) is 17.1. The zero-order chi connectivity index (χ0) is 14.8. The number of nitrogens with one attached hydrogen (secondary N) is 1. The van der Waals surface area contributed by atoms with E-state index < -0.39 is 6.10 Å². The largest absolute Gasteiger partial charge is 0.479 e. The molecule has 3 rings (SSSR count). The van der Waals surface area contributed by atoms with Gasteiger partial charge in [0.25, 0.3) is 5.91 Å². The molecule has 0 spiro atoms. The minimum Gasteiger partial charge on any atom is -0.479 e.